The van der Waals surface area contributed by atoms with Gasteiger partial charge in [-0.2, -0.15) is 5.48 Å². The summed E-state index contributed by atoms with van der Waals surface area (Å²) in [5.74, 6) is 0.491. The minimum absolute atomic E-state index is 0.0921. The van der Waals surface area contributed by atoms with E-state index in [1.54, 1.807) is 0 Å². The summed E-state index contributed by atoms with van der Waals surface area (Å²) in [4.78, 5) is 13.0. The van der Waals surface area contributed by atoms with Crippen LogP contribution in [-0.2, 0) is 4.79 Å². The van der Waals surface area contributed by atoms with Gasteiger partial charge in [0.1, 0.15) is 0 Å². The first-order valence-electron chi connectivity index (χ1n) is 16.7. The number of nitrogens with one attached hydrogen (secondary N) is 2. The Morgan fingerprint density at radius 2 is 1.39 bits per heavy atom. The maximum absolute atomic E-state index is 13.0. The van der Waals surface area contributed by atoms with E-state index >= 15 is 0 Å². The van der Waals surface area contributed by atoms with Gasteiger partial charge >= 0.3 is 0 Å². The zero-order valence-corrected chi connectivity index (χ0v) is 27.2. The molecule has 0 unspecified atom stereocenters. The van der Waals surface area contributed by atoms with Crippen LogP contribution in [0, 0.1) is 6.92 Å². The standard InChI is InChI=1S/C37H60N2O2/c1-7-8-9-10-11-12-13-14-15-16-17-18-19-20-21-22-35(40)38-34-28-32(25-26-37(5,6)39-41)33-27-31(29(2)3)24-23-30(4)36(33)34/h23-29,39,41H,7-22H2,1-6H3,(H,38,40). The fourth-order valence-electron chi connectivity index (χ4n) is 5.50. The number of hydroxylamine groups is 1. The zero-order valence-electron chi connectivity index (χ0n) is 27.2. The first-order chi connectivity index (χ1) is 19.7. The molecule has 4 heteroatoms. The molecule has 230 valence electrons. The Kier molecular flexibility index (Phi) is 16.3. The van der Waals surface area contributed by atoms with Crippen molar-refractivity contribution in [3.8, 4) is 11.1 Å². The topological polar surface area (TPSA) is 61.4 Å². The van der Waals surface area contributed by atoms with E-state index in [1.807, 2.05) is 26.0 Å². The van der Waals surface area contributed by atoms with E-state index in [0.29, 0.717) is 12.3 Å². The van der Waals surface area contributed by atoms with Gasteiger partial charge in [0, 0.05) is 17.7 Å². The molecule has 0 radical (unpaired) electrons. The van der Waals surface area contributed by atoms with E-state index in [0.717, 1.165) is 40.8 Å². The number of hydrogen-bond acceptors (Lipinski definition) is 3. The maximum Gasteiger partial charge on any atom is 0.224 e. The van der Waals surface area contributed by atoms with Crippen LogP contribution in [0.15, 0.2) is 30.3 Å². The predicted octanol–water partition coefficient (Wildman–Crippen LogP) is 11.2. The van der Waals surface area contributed by atoms with Crippen molar-refractivity contribution >= 4 is 17.7 Å². The molecular formula is C37H60N2O2. The summed E-state index contributed by atoms with van der Waals surface area (Å²) in [6.07, 6.45) is 24.4. The van der Waals surface area contributed by atoms with Crippen LogP contribution < -0.4 is 10.8 Å². The second-order valence-corrected chi connectivity index (χ2v) is 13.0. The van der Waals surface area contributed by atoms with Gasteiger partial charge in [0.05, 0.1) is 5.54 Å². The molecular weight excluding hydrogens is 504 g/mol. The molecule has 2 rings (SSSR count). The van der Waals surface area contributed by atoms with Crippen molar-refractivity contribution in [2.24, 2.45) is 0 Å². The van der Waals surface area contributed by atoms with E-state index in [9.17, 15) is 10.0 Å². The van der Waals surface area contributed by atoms with Crippen LogP contribution in [0.5, 0.6) is 0 Å². The number of aryl methyl sites for hydroxylation is 1. The summed E-state index contributed by atoms with van der Waals surface area (Å²) in [6.45, 7) is 12.6. The van der Waals surface area contributed by atoms with Crippen molar-refractivity contribution in [2.45, 2.75) is 156 Å². The average molecular weight is 565 g/mol. The first-order valence-corrected chi connectivity index (χ1v) is 16.7. The number of anilines is 1. The Morgan fingerprint density at radius 1 is 0.854 bits per heavy atom. The lowest BCUT2D eigenvalue weighted by molar-refractivity contribution is -0.116. The minimum atomic E-state index is -0.548. The van der Waals surface area contributed by atoms with E-state index < -0.39 is 5.54 Å². The van der Waals surface area contributed by atoms with Gasteiger partial charge in [0.2, 0.25) is 5.91 Å². The molecule has 0 aromatic carbocycles. The SMILES string of the molecule is CCCCCCCCCCCCCCCCCC(=O)Nc1cc(C=CC(C)(C)NO)c2cc(C(C)C)ccc(C)c1-2. The number of hydrogen-bond donors (Lipinski definition) is 3. The van der Waals surface area contributed by atoms with Crippen LogP contribution in [0.3, 0.4) is 0 Å². The van der Waals surface area contributed by atoms with Crippen molar-refractivity contribution in [2.75, 3.05) is 5.32 Å². The molecule has 0 fully saturated rings. The lowest BCUT2D eigenvalue weighted by Gasteiger charge is -2.16. The van der Waals surface area contributed by atoms with Crippen molar-refractivity contribution < 1.29 is 10.0 Å². The number of carbonyl (C=O) groups excluding carboxylic acids is 1. The quantitative estimate of drug-likeness (QED) is 0.104. The van der Waals surface area contributed by atoms with Crippen LogP contribution in [-0.4, -0.2) is 16.7 Å². The Balaban J connectivity index is 1.80. The van der Waals surface area contributed by atoms with Crippen molar-refractivity contribution in [3.05, 3.63) is 47.0 Å². The molecule has 0 spiro atoms. The number of fused-ring (bicyclic) bond motifs is 1. The highest BCUT2D eigenvalue weighted by molar-refractivity contribution is 6.00. The van der Waals surface area contributed by atoms with Crippen LogP contribution in [0.1, 0.15) is 160 Å². The average Bonchev–Trinajstić information content (AvgIpc) is 3.17. The third-order valence-electron chi connectivity index (χ3n) is 8.30. The largest absolute Gasteiger partial charge is 0.325 e. The van der Waals surface area contributed by atoms with Crippen molar-refractivity contribution in [1.82, 2.24) is 5.48 Å². The summed E-state index contributed by atoms with van der Waals surface area (Å²) >= 11 is 0. The van der Waals surface area contributed by atoms with Gasteiger partial charge in [-0.25, -0.2) is 0 Å². The van der Waals surface area contributed by atoms with Gasteiger partial charge < -0.3 is 10.5 Å². The summed E-state index contributed by atoms with van der Waals surface area (Å²) in [5.41, 5.74) is 8.36. The fourth-order valence-corrected chi connectivity index (χ4v) is 5.50. The molecule has 4 nitrogen and oxygen atoms in total. The molecule has 41 heavy (non-hydrogen) atoms. The molecule has 0 aliphatic heterocycles. The van der Waals surface area contributed by atoms with Gasteiger partial charge in [-0.1, -0.05) is 141 Å². The number of unbranched alkanes of at least 4 members (excludes halogenated alkanes) is 14. The number of carbonyl (C=O) groups is 1. The Morgan fingerprint density at radius 3 is 1.90 bits per heavy atom. The van der Waals surface area contributed by atoms with E-state index in [2.05, 4.69) is 62.8 Å². The highest BCUT2D eigenvalue weighted by Crippen LogP contribution is 2.40. The second-order valence-electron chi connectivity index (χ2n) is 13.0. The fraction of sp³-hybridized carbons (Fsp3) is 0.649. The molecule has 0 heterocycles. The molecule has 0 atom stereocenters. The molecule has 0 saturated heterocycles. The monoisotopic (exact) mass is 564 g/mol. The van der Waals surface area contributed by atoms with Gasteiger partial charge in [-0.15, -0.1) is 0 Å². The van der Waals surface area contributed by atoms with Crippen LogP contribution in [0.4, 0.5) is 5.69 Å². The zero-order chi connectivity index (χ0) is 30.1. The predicted molar refractivity (Wildman–Crippen MR) is 178 cm³/mol. The Bertz CT molecular complexity index is 1020. The minimum Gasteiger partial charge on any atom is -0.325 e. The number of rotatable bonds is 21. The van der Waals surface area contributed by atoms with Gasteiger partial charge in [0.15, 0.2) is 0 Å². The third kappa shape index (κ3) is 13.1. The highest BCUT2D eigenvalue weighted by atomic mass is 16.5. The Labute approximate surface area is 252 Å². The summed E-state index contributed by atoms with van der Waals surface area (Å²) in [7, 11) is 0. The summed E-state index contributed by atoms with van der Waals surface area (Å²) in [5, 5.41) is 12.7. The van der Waals surface area contributed by atoms with Crippen molar-refractivity contribution in [1.29, 1.82) is 0 Å². The van der Waals surface area contributed by atoms with E-state index in [-0.39, 0.29) is 5.91 Å². The first kappa shape index (κ1) is 35.0. The second kappa shape index (κ2) is 19.1. The lowest BCUT2D eigenvalue weighted by atomic mass is 9.99. The maximum atomic E-state index is 13.0. The number of amides is 1. The van der Waals surface area contributed by atoms with Gasteiger partial charge in [-0.05, 0) is 61.4 Å². The smallest absolute Gasteiger partial charge is 0.224 e. The van der Waals surface area contributed by atoms with Crippen molar-refractivity contribution in [3.63, 3.8) is 0 Å². The molecule has 2 aliphatic rings. The van der Waals surface area contributed by atoms with Gasteiger partial charge in [0.25, 0.3) is 0 Å². The lowest BCUT2D eigenvalue weighted by Crippen LogP contribution is -2.33. The molecule has 3 N–H and O–H groups in total. The van der Waals surface area contributed by atoms with Crippen LogP contribution in [0.25, 0.3) is 17.2 Å². The molecule has 0 aromatic rings. The molecule has 2 aliphatic carbocycles. The summed E-state index contributed by atoms with van der Waals surface area (Å²) in [6, 6.07) is 8.68. The van der Waals surface area contributed by atoms with Gasteiger partial charge in [-0.3, -0.25) is 4.79 Å². The van der Waals surface area contributed by atoms with E-state index in [1.165, 1.54) is 89.0 Å². The van der Waals surface area contributed by atoms with E-state index in [4.69, 9.17) is 0 Å². The van der Waals surface area contributed by atoms with Crippen LogP contribution in [0.2, 0.25) is 0 Å². The molecule has 0 saturated carbocycles. The third-order valence-corrected chi connectivity index (χ3v) is 8.30. The normalized spacial score (nSPS) is 12.2. The molecule has 0 bridgehead atoms. The molecule has 1 amide bonds. The Hall–Kier alpha value is -2.17. The molecule has 0 aromatic heterocycles. The highest BCUT2D eigenvalue weighted by Gasteiger charge is 2.20. The summed E-state index contributed by atoms with van der Waals surface area (Å²) < 4.78 is 0. The van der Waals surface area contributed by atoms with Crippen LogP contribution >= 0.6 is 0 Å².